The molecule has 6 nitrogen and oxygen atoms in total. The predicted molar refractivity (Wildman–Crippen MR) is 130 cm³/mol. The fraction of sp³-hybridized carbons (Fsp3) is 0.296. The molecule has 1 aliphatic rings. The molecule has 0 aliphatic carbocycles. The lowest BCUT2D eigenvalue weighted by atomic mass is 9.90. The molecule has 1 unspecified atom stereocenters. The number of rotatable bonds is 7. The molecule has 5 rings (SSSR count). The van der Waals surface area contributed by atoms with Crippen LogP contribution in [0.25, 0.3) is 10.9 Å². The quantitative estimate of drug-likeness (QED) is 0.401. The maximum absolute atomic E-state index is 6.15. The topological polar surface area (TPSA) is 60.4 Å². The van der Waals surface area contributed by atoms with E-state index in [-0.39, 0.29) is 0 Å². The van der Waals surface area contributed by atoms with E-state index in [2.05, 4.69) is 51.3 Å². The van der Waals surface area contributed by atoms with Crippen molar-refractivity contribution in [3.63, 3.8) is 0 Å². The molecule has 0 saturated carbocycles. The van der Waals surface area contributed by atoms with Gasteiger partial charge in [0.15, 0.2) is 11.5 Å². The van der Waals surface area contributed by atoms with Gasteiger partial charge in [-0.05, 0) is 36.1 Å². The van der Waals surface area contributed by atoms with E-state index < -0.39 is 0 Å². The average Bonchev–Trinajstić information content (AvgIpc) is 2.89. The Hall–Kier alpha value is -3.67. The Labute approximate surface area is 194 Å². The fourth-order valence-electron chi connectivity index (χ4n) is 4.57. The van der Waals surface area contributed by atoms with Gasteiger partial charge in [0.1, 0.15) is 12.1 Å². The third-order valence-electron chi connectivity index (χ3n) is 6.26. The lowest BCUT2D eigenvalue weighted by Gasteiger charge is -2.34. The number of hydrogen-bond acceptors (Lipinski definition) is 6. The van der Waals surface area contributed by atoms with E-state index in [0.29, 0.717) is 24.0 Å². The molecule has 33 heavy (non-hydrogen) atoms. The Morgan fingerprint density at radius 3 is 2.76 bits per heavy atom. The maximum atomic E-state index is 6.15. The molecular weight excluding hydrogens is 412 g/mol. The Bertz CT molecular complexity index is 1200. The zero-order chi connectivity index (χ0) is 22.5. The minimum absolute atomic E-state index is 0.499. The van der Waals surface area contributed by atoms with Crippen LogP contribution in [0.1, 0.15) is 29.9 Å². The van der Waals surface area contributed by atoms with E-state index in [1.807, 2.05) is 24.4 Å². The molecule has 1 saturated heterocycles. The Balaban J connectivity index is 1.41. The van der Waals surface area contributed by atoms with Gasteiger partial charge in [-0.3, -0.25) is 4.98 Å². The number of hydrogen-bond donors (Lipinski definition) is 0. The summed E-state index contributed by atoms with van der Waals surface area (Å²) < 4.78 is 11.8. The van der Waals surface area contributed by atoms with Crippen LogP contribution in [-0.2, 0) is 6.42 Å². The summed E-state index contributed by atoms with van der Waals surface area (Å²) in [5.41, 5.74) is 3.39. The van der Waals surface area contributed by atoms with Crippen molar-refractivity contribution in [1.29, 1.82) is 0 Å². The molecule has 2 aromatic carbocycles. The van der Waals surface area contributed by atoms with Crippen molar-refractivity contribution in [2.75, 3.05) is 31.7 Å². The molecule has 1 fully saturated rings. The minimum Gasteiger partial charge on any atom is -0.493 e. The number of ether oxygens (including phenoxy) is 2. The highest BCUT2D eigenvalue weighted by molar-refractivity contribution is 5.92. The molecule has 6 heteroatoms. The van der Waals surface area contributed by atoms with E-state index in [9.17, 15) is 0 Å². The van der Waals surface area contributed by atoms with Crippen LogP contribution in [0, 0.1) is 0 Å². The molecule has 168 valence electrons. The molecule has 2 aromatic heterocycles. The third-order valence-corrected chi connectivity index (χ3v) is 6.26. The molecule has 0 N–H and O–H groups in total. The molecule has 0 radical (unpaired) electrons. The summed E-state index contributed by atoms with van der Waals surface area (Å²) in [5.74, 6) is 2.85. The van der Waals surface area contributed by atoms with Gasteiger partial charge in [0.25, 0.3) is 0 Å². The van der Waals surface area contributed by atoms with Crippen LogP contribution in [-0.4, -0.2) is 41.8 Å². The molecule has 1 atom stereocenters. The highest BCUT2D eigenvalue weighted by atomic mass is 16.5. The summed E-state index contributed by atoms with van der Waals surface area (Å²) >= 11 is 0. The lowest BCUT2D eigenvalue weighted by molar-refractivity contribution is 0.298. The number of benzene rings is 2. The van der Waals surface area contributed by atoms with Crippen molar-refractivity contribution in [3.05, 3.63) is 84.4 Å². The minimum atomic E-state index is 0.499. The highest BCUT2D eigenvalue weighted by Gasteiger charge is 2.24. The van der Waals surface area contributed by atoms with Gasteiger partial charge in [-0.25, -0.2) is 9.97 Å². The van der Waals surface area contributed by atoms with Gasteiger partial charge in [0, 0.05) is 49.3 Å². The van der Waals surface area contributed by atoms with E-state index in [0.717, 1.165) is 48.2 Å². The van der Waals surface area contributed by atoms with Gasteiger partial charge >= 0.3 is 0 Å². The number of anilines is 1. The SMILES string of the molecule is COc1cc2ncnc(N3CCCC(c4ccccc4)C3)c2cc1OCCc1cccnc1. The first-order valence-electron chi connectivity index (χ1n) is 11.5. The van der Waals surface area contributed by atoms with E-state index in [4.69, 9.17) is 14.5 Å². The summed E-state index contributed by atoms with van der Waals surface area (Å²) in [6, 6.07) is 18.7. The molecule has 0 bridgehead atoms. The second kappa shape index (κ2) is 9.86. The first-order chi connectivity index (χ1) is 16.3. The summed E-state index contributed by atoms with van der Waals surface area (Å²) in [4.78, 5) is 15.8. The molecule has 3 heterocycles. The van der Waals surface area contributed by atoms with E-state index in [1.54, 1.807) is 19.6 Å². The van der Waals surface area contributed by atoms with Gasteiger partial charge in [0.05, 0.1) is 19.2 Å². The molecule has 1 aliphatic heterocycles. The monoisotopic (exact) mass is 440 g/mol. The number of fused-ring (bicyclic) bond motifs is 1. The summed E-state index contributed by atoms with van der Waals surface area (Å²) in [6.45, 7) is 2.47. The molecule has 4 aromatic rings. The smallest absolute Gasteiger partial charge is 0.162 e. The maximum Gasteiger partial charge on any atom is 0.162 e. The highest BCUT2D eigenvalue weighted by Crippen LogP contribution is 2.37. The lowest BCUT2D eigenvalue weighted by Crippen LogP contribution is -2.35. The normalized spacial score (nSPS) is 16.0. The van der Waals surface area contributed by atoms with Crippen molar-refractivity contribution < 1.29 is 9.47 Å². The second-order valence-corrected chi connectivity index (χ2v) is 8.37. The predicted octanol–water partition coefficient (Wildman–Crippen LogP) is 5.04. The first kappa shape index (κ1) is 21.2. The average molecular weight is 441 g/mol. The number of nitrogens with zero attached hydrogens (tertiary/aromatic N) is 4. The van der Waals surface area contributed by atoms with Crippen molar-refractivity contribution >= 4 is 16.7 Å². The van der Waals surface area contributed by atoms with Gasteiger partial charge in [-0.1, -0.05) is 36.4 Å². The van der Waals surface area contributed by atoms with Crippen LogP contribution in [0.2, 0.25) is 0 Å². The summed E-state index contributed by atoms with van der Waals surface area (Å²) in [6.07, 6.45) is 8.40. The van der Waals surface area contributed by atoms with Crippen LogP contribution >= 0.6 is 0 Å². The summed E-state index contributed by atoms with van der Waals surface area (Å²) in [5, 5.41) is 0.989. The van der Waals surface area contributed by atoms with E-state index >= 15 is 0 Å². The largest absolute Gasteiger partial charge is 0.493 e. The van der Waals surface area contributed by atoms with Crippen LogP contribution in [0.3, 0.4) is 0 Å². The summed E-state index contributed by atoms with van der Waals surface area (Å²) in [7, 11) is 1.66. The number of piperidine rings is 1. The van der Waals surface area contributed by atoms with Crippen molar-refractivity contribution in [2.24, 2.45) is 0 Å². The van der Waals surface area contributed by atoms with Crippen LogP contribution in [0.15, 0.2) is 73.3 Å². The van der Waals surface area contributed by atoms with Crippen LogP contribution in [0.5, 0.6) is 11.5 Å². The molecule has 0 spiro atoms. The van der Waals surface area contributed by atoms with Crippen molar-refractivity contribution in [3.8, 4) is 11.5 Å². The van der Waals surface area contributed by atoms with Gasteiger partial charge in [-0.15, -0.1) is 0 Å². The zero-order valence-corrected chi connectivity index (χ0v) is 18.9. The fourth-order valence-corrected chi connectivity index (χ4v) is 4.57. The van der Waals surface area contributed by atoms with Crippen molar-refractivity contribution in [2.45, 2.75) is 25.2 Å². The molecular formula is C27H28N4O2. The van der Waals surface area contributed by atoms with Crippen LogP contribution in [0.4, 0.5) is 5.82 Å². The Kier molecular flexibility index (Phi) is 6.33. The Morgan fingerprint density at radius 2 is 1.94 bits per heavy atom. The van der Waals surface area contributed by atoms with Gasteiger partial charge < -0.3 is 14.4 Å². The number of methoxy groups -OCH3 is 1. The standard InChI is InChI=1S/C27H28N4O2/c1-32-25-16-24-23(15-26(25)33-14-11-20-7-5-12-28-17-20)27(30-19-29-24)31-13-6-10-22(18-31)21-8-3-2-4-9-21/h2-5,7-9,12,15-17,19,22H,6,10-11,13-14,18H2,1H3. The molecule has 0 amide bonds. The Morgan fingerprint density at radius 1 is 1.03 bits per heavy atom. The first-order valence-corrected chi connectivity index (χ1v) is 11.5. The van der Waals surface area contributed by atoms with Gasteiger partial charge in [-0.2, -0.15) is 0 Å². The van der Waals surface area contributed by atoms with E-state index in [1.165, 1.54) is 12.0 Å². The third kappa shape index (κ3) is 4.75. The van der Waals surface area contributed by atoms with Crippen LogP contribution < -0.4 is 14.4 Å². The number of aromatic nitrogens is 3. The van der Waals surface area contributed by atoms with Gasteiger partial charge in [0.2, 0.25) is 0 Å². The number of pyridine rings is 1. The zero-order valence-electron chi connectivity index (χ0n) is 18.9. The van der Waals surface area contributed by atoms with Crippen molar-refractivity contribution in [1.82, 2.24) is 15.0 Å². The second-order valence-electron chi connectivity index (χ2n) is 8.37.